The summed E-state index contributed by atoms with van der Waals surface area (Å²) >= 11 is 1.59. The van der Waals surface area contributed by atoms with Crippen LogP contribution in [0.4, 0.5) is 5.13 Å². The fraction of sp³-hybridized carbons (Fsp3) is 0.500. The zero-order valence-corrected chi connectivity index (χ0v) is 19.0. The second-order valence-electron chi connectivity index (χ2n) is 7.99. The molecule has 30 heavy (non-hydrogen) atoms. The van der Waals surface area contributed by atoms with Crippen LogP contribution in [0.3, 0.4) is 0 Å². The Bertz CT molecular complexity index is 1030. The van der Waals surface area contributed by atoms with E-state index >= 15 is 0 Å². The molecule has 8 heteroatoms. The Morgan fingerprint density at radius 2 is 1.97 bits per heavy atom. The normalized spacial score (nSPS) is 15.1. The number of hydrogen-bond acceptors (Lipinski definition) is 6. The van der Waals surface area contributed by atoms with Crippen LogP contribution in [0.2, 0.25) is 0 Å². The van der Waals surface area contributed by atoms with Crippen molar-refractivity contribution in [2.24, 2.45) is 7.05 Å². The van der Waals surface area contributed by atoms with Crippen LogP contribution < -0.4 is 4.90 Å². The van der Waals surface area contributed by atoms with Gasteiger partial charge < -0.3 is 4.74 Å². The molecule has 1 aliphatic rings. The number of rotatable bonds is 6. The van der Waals surface area contributed by atoms with Crippen LogP contribution in [-0.2, 0) is 11.8 Å². The van der Waals surface area contributed by atoms with Gasteiger partial charge in [0.05, 0.1) is 29.6 Å². The van der Waals surface area contributed by atoms with Crippen molar-refractivity contribution in [2.75, 3.05) is 44.3 Å². The lowest BCUT2D eigenvalue weighted by atomic mass is 10.1. The SMILES string of the molecule is Cc1cc(C)c2nc(N(CCCN3CCOCC3)C(=O)c3c(C)cnn3C)sc2c1. The summed E-state index contributed by atoms with van der Waals surface area (Å²) in [5, 5.41) is 5.02. The number of carbonyl (C=O) groups is 1. The number of morpholine rings is 1. The van der Waals surface area contributed by atoms with Gasteiger partial charge in [-0.2, -0.15) is 5.10 Å². The number of benzene rings is 1. The predicted molar refractivity (Wildman–Crippen MR) is 121 cm³/mol. The molecule has 7 nitrogen and oxygen atoms in total. The molecule has 0 aliphatic carbocycles. The van der Waals surface area contributed by atoms with E-state index in [1.807, 2.05) is 18.9 Å². The molecule has 0 atom stereocenters. The summed E-state index contributed by atoms with van der Waals surface area (Å²) in [5.41, 5.74) is 4.84. The number of anilines is 1. The first-order chi connectivity index (χ1) is 14.4. The molecule has 1 fully saturated rings. The summed E-state index contributed by atoms with van der Waals surface area (Å²) in [4.78, 5) is 22.7. The lowest BCUT2D eigenvalue weighted by Gasteiger charge is -2.27. The van der Waals surface area contributed by atoms with Crippen molar-refractivity contribution in [1.82, 2.24) is 19.7 Å². The standard InChI is InChI=1S/C22H29N5O2S/c1-15-12-16(2)19-18(13-15)30-22(24-19)27(7-5-6-26-8-10-29-11-9-26)21(28)20-17(3)14-23-25(20)4/h12-14H,5-11H2,1-4H3. The highest BCUT2D eigenvalue weighted by molar-refractivity contribution is 7.22. The van der Waals surface area contributed by atoms with E-state index in [0.717, 1.165) is 65.7 Å². The van der Waals surface area contributed by atoms with Crippen LogP contribution in [-0.4, -0.2) is 65.0 Å². The minimum Gasteiger partial charge on any atom is -0.379 e. The lowest BCUT2D eigenvalue weighted by Crippen LogP contribution is -2.39. The monoisotopic (exact) mass is 427 g/mol. The van der Waals surface area contributed by atoms with Crippen molar-refractivity contribution < 1.29 is 9.53 Å². The van der Waals surface area contributed by atoms with Crippen molar-refractivity contribution in [3.63, 3.8) is 0 Å². The van der Waals surface area contributed by atoms with E-state index < -0.39 is 0 Å². The Kier molecular flexibility index (Phi) is 6.17. The number of ether oxygens (including phenoxy) is 1. The van der Waals surface area contributed by atoms with E-state index in [0.29, 0.717) is 12.2 Å². The molecule has 0 unspecified atom stereocenters. The van der Waals surface area contributed by atoms with Crippen LogP contribution in [0.5, 0.6) is 0 Å². The van der Waals surface area contributed by atoms with Crippen molar-refractivity contribution in [2.45, 2.75) is 27.2 Å². The highest BCUT2D eigenvalue weighted by atomic mass is 32.1. The van der Waals surface area contributed by atoms with Gasteiger partial charge in [0, 0.05) is 33.2 Å². The minimum atomic E-state index is -0.0390. The van der Waals surface area contributed by atoms with Crippen molar-refractivity contribution in [1.29, 1.82) is 0 Å². The number of nitrogens with zero attached hydrogens (tertiary/aromatic N) is 5. The lowest BCUT2D eigenvalue weighted by molar-refractivity contribution is 0.0376. The first-order valence-corrected chi connectivity index (χ1v) is 11.2. The van der Waals surface area contributed by atoms with Crippen LogP contribution in [0, 0.1) is 20.8 Å². The molecule has 2 aromatic heterocycles. The largest absolute Gasteiger partial charge is 0.379 e. The Morgan fingerprint density at radius 3 is 2.67 bits per heavy atom. The van der Waals surface area contributed by atoms with E-state index in [-0.39, 0.29) is 5.91 Å². The van der Waals surface area contributed by atoms with E-state index in [4.69, 9.17) is 9.72 Å². The average molecular weight is 428 g/mol. The maximum atomic E-state index is 13.6. The number of hydrogen-bond donors (Lipinski definition) is 0. The molecule has 1 aliphatic heterocycles. The zero-order valence-electron chi connectivity index (χ0n) is 18.1. The summed E-state index contributed by atoms with van der Waals surface area (Å²) in [7, 11) is 1.82. The number of fused-ring (bicyclic) bond motifs is 1. The van der Waals surface area contributed by atoms with Crippen molar-refractivity contribution in [3.05, 3.63) is 40.7 Å². The molecule has 0 saturated carbocycles. The highest BCUT2D eigenvalue weighted by Crippen LogP contribution is 2.32. The third-order valence-corrected chi connectivity index (χ3v) is 6.60. The van der Waals surface area contributed by atoms with E-state index in [9.17, 15) is 4.79 Å². The van der Waals surface area contributed by atoms with Crippen LogP contribution >= 0.6 is 11.3 Å². The number of aromatic nitrogens is 3. The smallest absolute Gasteiger partial charge is 0.278 e. The molecule has 0 spiro atoms. The van der Waals surface area contributed by atoms with Crippen molar-refractivity contribution in [3.8, 4) is 0 Å². The van der Waals surface area contributed by atoms with Crippen molar-refractivity contribution >= 4 is 32.6 Å². The molecule has 0 bridgehead atoms. The first-order valence-electron chi connectivity index (χ1n) is 10.4. The second-order valence-corrected chi connectivity index (χ2v) is 9.00. The molecule has 4 rings (SSSR count). The third kappa shape index (κ3) is 4.26. The topological polar surface area (TPSA) is 63.5 Å². The van der Waals surface area contributed by atoms with Crippen LogP contribution in [0.15, 0.2) is 18.3 Å². The van der Waals surface area contributed by atoms with E-state index in [1.165, 1.54) is 5.56 Å². The Labute approximate surface area is 181 Å². The van der Waals surface area contributed by atoms with Gasteiger partial charge in [-0.05, 0) is 49.9 Å². The zero-order chi connectivity index (χ0) is 21.3. The fourth-order valence-electron chi connectivity index (χ4n) is 4.02. The van der Waals surface area contributed by atoms with Gasteiger partial charge in [0.25, 0.3) is 5.91 Å². The van der Waals surface area contributed by atoms with Crippen LogP contribution in [0.1, 0.15) is 33.6 Å². The molecular weight excluding hydrogens is 398 g/mol. The molecule has 1 saturated heterocycles. The predicted octanol–water partition coefficient (Wildman–Crippen LogP) is 3.32. The maximum absolute atomic E-state index is 13.6. The summed E-state index contributed by atoms with van der Waals surface area (Å²) < 4.78 is 8.22. The molecule has 3 aromatic rings. The quantitative estimate of drug-likeness (QED) is 0.604. The van der Waals surface area contributed by atoms with Gasteiger partial charge in [0.2, 0.25) is 0 Å². The molecule has 160 valence electrons. The molecule has 0 N–H and O–H groups in total. The maximum Gasteiger partial charge on any atom is 0.278 e. The van der Waals surface area contributed by atoms with Gasteiger partial charge in [-0.1, -0.05) is 17.4 Å². The van der Waals surface area contributed by atoms with E-state index in [1.54, 1.807) is 22.2 Å². The summed E-state index contributed by atoms with van der Waals surface area (Å²) in [6.45, 7) is 11.1. The minimum absolute atomic E-state index is 0.0390. The number of aryl methyl sites for hydroxylation is 4. The van der Waals surface area contributed by atoms with Gasteiger partial charge in [-0.25, -0.2) is 4.98 Å². The van der Waals surface area contributed by atoms with E-state index in [2.05, 4.69) is 36.0 Å². The first kappa shape index (κ1) is 21.0. The molecule has 1 aromatic carbocycles. The second kappa shape index (κ2) is 8.83. The summed E-state index contributed by atoms with van der Waals surface area (Å²) in [6, 6.07) is 4.29. The van der Waals surface area contributed by atoms with Gasteiger partial charge in [-0.3, -0.25) is 19.3 Å². The fourth-order valence-corrected chi connectivity index (χ4v) is 5.18. The summed E-state index contributed by atoms with van der Waals surface area (Å²) in [6.07, 6.45) is 2.63. The average Bonchev–Trinajstić information content (AvgIpc) is 3.28. The van der Waals surface area contributed by atoms with Gasteiger partial charge in [0.1, 0.15) is 5.69 Å². The van der Waals surface area contributed by atoms with Gasteiger partial charge in [0.15, 0.2) is 5.13 Å². The van der Waals surface area contributed by atoms with Crippen LogP contribution in [0.25, 0.3) is 10.2 Å². The number of carbonyl (C=O) groups excluding carboxylic acids is 1. The number of thiazole rings is 1. The molecular formula is C22H29N5O2S. The Morgan fingerprint density at radius 1 is 1.20 bits per heavy atom. The Balaban J connectivity index is 1.62. The van der Waals surface area contributed by atoms with Gasteiger partial charge in [-0.15, -0.1) is 0 Å². The molecule has 1 amide bonds. The number of amides is 1. The third-order valence-electron chi connectivity index (χ3n) is 5.58. The summed E-state index contributed by atoms with van der Waals surface area (Å²) in [5.74, 6) is -0.0390. The molecule has 3 heterocycles. The highest BCUT2D eigenvalue weighted by Gasteiger charge is 2.26. The van der Waals surface area contributed by atoms with Gasteiger partial charge >= 0.3 is 0 Å². The molecule has 0 radical (unpaired) electrons. The Hall–Kier alpha value is -2.29.